The maximum atomic E-state index is 13.7. The summed E-state index contributed by atoms with van der Waals surface area (Å²) in [6, 6.07) is 4.42. The van der Waals surface area contributed by atoms with Crippen LogP contribution >= 0.6 is 11.6 Å². The van der Waals surface area contributed by atoms with Crippen LogP contribution in [0.1, 0.15) is 12.6 Å². The third kappa shape index (κ3) is 2.26. The Morgan fingerprint density at radius 1 is 1.50 bits per heavy atom. The number of nitrogens with two attached hydrogens (primary N) is 1. The Kier molecular flexibility index (Phi) is 3.43. The van der Waals surface area contributed by atoms with Crippen molar-refractivity contribution in [2.45, 2.75) is 13.3 Å². The zero-order valence-electron chi connectivity index (χ0n) is 10.2. The normalized spacial score (nSPS) is 10.7. The number of nitrogens with one attached hydrogen (secondary N) is 1. The lowest BCUT2D eigenvalue weighted by Crippen LogP contribution is -2.02. The highest BCUT2D eigenvalue weighted by molar-refractivity contribution is 6.30. The summed E-state index contributed by atoms with van der Waals surface area (Å²) in [5, 5.41) is 7.54. The van der Waals surface area contributed by atoms with E-state index < -0.39 is 5.82 Å². The van der Waals surface area contributed by atoms with E-state index in [1.54, 1.807) is 23.9 Å². The Morgan fingerprint density at radius 3 is 2.78 bits per heavy atom. The molecule has 0 bridgehead atoms. The first kappa shape index (κ1) is 12.7. The first-order valence-corrected chi connectivity index (χ1v) is 5.94. The van der Waals surface area contributed by atoms with Crippen molar-refractivity contribution in [3.05, 3.63) is 34.7 Å². The summed E-state index contributed by atoms with van der Waals surface area (Å²) in [5.74, 6) is 0.147. The molecular formula is C12H14ClFN4. The Labute approximate surface area is 110 Å². The number of nitrogen functional groups attached to an aromatic ring is 1. The summed E-state index contributed by atoms with van der Waals surface area (Å²) < 4.78 is 15.3. The van der Waals surface area contributed by atoms with E-state index in [-0.39, 0.29) is 0 Å². The summed E-state index contributed by atoms with van der Waals surface area (Å²) >= 11 is 5.70. The zero-order valence-corrected chi connectivity index (χ0v) is 10.9. The molecular weight excluding hydrogens is 255 g/mol. The largest absolute Gasteiger partial charge is 0.394 e. The Morgan fingerprint density at radius 2 is 2.22 bits per heavy atom. The van der Waals surface area contributed by atoms with E-state index >= 15 is 0 Å². The molecule has 1 aromatic carbocycles. The average molecular weight is 269 g/mol. The van der Waals surface area contributed by atoms with Gasteiger partial charge >= 0.3 is 0 Å². The molecule has 96 valence electrons. The topological polar surface area (TPSA) is 55.9 Å². The van der Waals surface area contributed by atoms with Gasteiger partial charge in [-0.05, 0) is 24.6 Å². The van der Waals surface area contributed by atoms with Gasteiger partial charge in [0.05, 0.1) is 17.1 Å². The molecule has 0 atom stereocenters. The van der Waals surface area contributed by atoms with Gasteiger partial charge in [0.25, 0.3) is 0 Å². The fourth-order valence-electron chi connectivity index (χ4n) is 1.72. The third-order valence-corrected chi connectivity index (χ3v) is 2.91. The number of benzene rings is 1. The second kappa shape index (κ2) is 4.86. The summed E-state index contributed by atoms with van der Waals surface area (Å²) in [4.78, 5) is 0. The predicted octanol–water partition coefficient (Wildman–Crippen LogP) is 3.10. The highest BCUT2D eigenvalue weighted by atomic mass is 35.5. The van der Waals surface area contributed by atoms with Crippen LogP contribution in [-0.4, -0.2) is 9.78 Å². The molecule has 0 aliphatic carbocycles. The molecule has 2 aromatic rings. The van der Waals surface area contributed by atoms with Crippen molar-refractivity contribution in [3.63, 3.8) is 0 Å². The van der Waals surface area contributed by atoms with Gasteiger partial charge in [0.15, 0.2) is 5.82 Å². The fraction of sp³-hybridized carbons (Fsp3) is 0.250. The van der Waals surface area contributed by atoms with E-state index in [0.717, 1.165) is 12.1 Å². The number of rotatable bonds is 3. The number of anilines is 3. The number of aromatic nitrogens is 2. The second-order valence-electron chi connectivity index (χ2n) is 3.94. The lowest BCUT2D eigenvalue weighted by atomic mass is 10.2. The Hall–Kier alpha value is -1.75. The molecule has 0 spiro atoms. The average Bonchev–Trinajstić information content (AvgIpc) is 2.59. The maximum Gasteiger partial charge on any atom is 0.152 e. The van der Waals surface area contributed by atoms with E-state index in [2.05, 4.69) is 10.4 Å². The van der Waals surface area contributed by atoms with Gasteiger partial charge in [0, 0.05) is 12.1 Å². The van der Waals surface area contributed by atoms with Gasteiger partial charge < -0.3 is 11.1 Å². The van der Waals surface area contributed by atoms with Crippen LogP contribution < -0.4 is 11.1 Å². The van der Waals surface area contributed by atoms with Crippen LogP contribution in [0.15, 0.2) is 18.2 Å². The maximum absolute atomic E-state index is 13.7. The molecule has 2 rings (SSSR count). The molecule has 0 radical (unpaired) electrons. The van der Waals surface area contributed by atoms with Crippen LogP contribution in [0.2, 0.25) is 5.02 Å². The van der Waals surface area contributed by atoms with Crippen LogP contribution in [0.5, 0.6) is 0 Å². The molecule has 0 unspecified atom stereocenters. The predicted molar refractivity (Wildman–Crippen MR) is 71.7 cm³/mol. The Balaban J connectivity index is 2.37. The van der Waals surface area contributed by atoms with Crippen molar-refractivity contribution in [2.75, 3.05) is 11.1 Å². The standard InChI is InChI=1S/C12H14ClFN4/c1-3-9-11(15)12(18(2)17-9)16-10-5-4-7(13)6-8(10)14/h4-6,16H,3,15H2,1-2H3. The first-order valence-electron chi connectivity index (χ1n) is 5.56. The number of nitrogens with zero attached hydrogens (tertiary/aromatic N) is 2. The minimum atomic E-state index is -0.429. The molecule has 0 saturated carbocycles. The Bertz CT molecular complexity index is 580. The van der Waals surface area contributed by atoms with Crippen molar-refractivity contribution in [1.82, 2.24) is 9.78 Å². The number of hydrogen-bond donors (Lipinski definition) is 2. The summed E-state index contributed by atoms with van der Waals surface area (Å²) in [6.45, 7) is 1.96. The third-order valence-electron chi connectivity index (χ3n) is 2.68. The quantitative estimate of drug-likeness (QED) is 0.899. The van der Waals surface area contributed by atoms with E-state index in [4.69, 9.17) is 17.3 Å². The van der Waals surface area contributed by atoms with Crippen LogP contribution in [0.4, 0.5) is 21.6 Å². The zero-order chi connectivity index (χ0) is 13.3. The summed E-state index contributed by atoms with van der Waals surface area (Å²) in [6.07, 6.45) is 0.727. The molecule has 0 saturated heterocycles. The molecule has 1 heterocycles. The van der Waals surface area contributed by atoms with Gasteiger partial charge in [-0.15, -0.1) is 0 Å². The molecule has 0 aliphatic rings. The van der Waals surface area contributed by atoms with Gasteiger partial charge in [-0.3, -0.25) is 4.68 Å². The smallest absolute Gasteiger partial charge is 0.152 e. The molecule has 3 N–H and O–H groups in total. The highest BCUT2D eigenvalue weighted by Crippen LogP contribution is 2.28. The van der Waals surface area contributed by atoms with Gasteiger partial charge in [0.2, 0.25) is 0 Å². The van der Waals surface area contributed by atoms with Crippen LogP contribution in [0.3, 0.4) is 0 Å². The van der Waals surface area contributed by atoms with Crippen LogP contribution in [0.25, 0.3) is 0 Å². The first-order chi connectivity index (χ1) is 8.52. The molecule has 0 amide bonds. The second-order valence-corrected chi connectivity index (χ2v) is 4.37. The summed E-state index contributed by atoms with van der Waals surface area (Å²) in [5.41, 5.74) is 7.59. The number of hydrogen-bond acceptors (Lipinski definition) is 3. The van der Waals surface area contributed by atoms with Crippen molar-refractivity contribution in [2.24, 2.45) is 7.05 Å². The van der Waals surface area contributed by atoms with E-state index in [1.165, 1.54) is 6.07 Å². The lowest BCUT2D eigenvalue weighted by Gasteiger charge is -2.08. The monoisotopic (exact) mass is 268 g/mol. The molecule has 6 heteroatoms. The number of aryl methyl sites for hydroxylation is 2. The van der Waals surface area contributed by atoms with Gasteiger partial charge in [-0.1, -0.05) is 18.5 Å². The van der Waals surface area contributed by atoms with Crippen molar-refractivity contribution in [1.29, 1.82) is 0 Å². The van der Waals surface area contributed by atoms with E-state index in [9.17, 15) is 4.39 Å². The van der Waals surface area contributed by atoms with Crippen LogP contribution in [0, 0.1) is 5.82 Å². The van der Waals surface area contributed by atoms with Gasteiger partial charge in [-0.2, -0.15) is 5.10 Å². The fourth-order valence-corrected chi connectivity index (χ4v) is 1.88. The lowest BCUT2D eigenvalue weighted by molar-refractivity contribution is 0.631. The minimum absolute atomic E-state index is 0.316. The SMILES string of the molecule is CCc1nn(C)c(Nc2ccc(Cl)cc2F)c1N. The van der Waals surface area contributed by atoms with Crippen molar-refractivity contribution >= 4 is 28.8 Å². The minimum Gasteiger partial charge on any atom is -0.394 e. The van der Waals surface area contributed by atoms with E-state index in [0.29, 0.717) is 22.2 Å². The van der Waals surface area contributed by atoms with Crippen molar-refractivity contribution < 1.29 is 4.39 Å². The van der Waals surface area contributed by atoms with Gasteiger partial charge in [0.1, 0.15) is 5.82 Å². The number of halogens is 2. The van der Waals surface area contributed by atoms with E-state index in [1.807, 2.05) is 6.92 Å². The molecule has 0 fully saturated rings. The molecule has 1 aromatic heterocycles. The van der Waals surface area contributed by atoms with Crippen LogP contribution in [-0.2, 0) is 13.5 Å². The van der Waals surface area contributed by atoms with Gasteiger partial charge in [-0.25, -0.2) is 4.39 Å². The van der Waals surface area contributed by atoms with Crippen molar-refractivity contribution in [3.8, 4) is 0 Å². The highest BCUT2D eigenvalue weighted by Gasteiger charge is 2.13. The molecule has 18 heavy (non-hydrogen) atoms. The summed E-state index contributed by atoms with van der Waals surface area (Å²) in [7, 11) is 1.76. The molecule has 0 aliphatic heterocycles. The molecule has 4 nitrogen and oxygen atoms in total.